The molecule has 35 heavy (non-hydrogen) atoms. The number of nitrogens with one attached hydrogen (secondary N) is 1. The van der Waals surface area contributed by atoms with Crippen molar-refractivity contribution in [2.24, 2.45) is 11.8 Å². The molecule has 2 amide bonds. The molecule has 8 heteroatoms. The molecule has 192 valence electrons. The molecule has 3 saturated heterocycles. The Labute approximate surface area is 207 Å². The number of aliphatic hydroxyl groups is 1. The normalized spacial score (nSPS) is 31.1. The number of amides is 2. The molecule has 0 saturated carbocycles. The number of aryl methyl sites for hydroxylation is 2. The number of hydrogen-bond donors (Lipinski definition) is 2. The van der Waals surface area contributed by atoms with Gasteiger partial charge in [0.05, 0.1) is 18.1 Å². The largest absolute Gasteiger partial charge is 0.466 e. The highest BCUT2D eigenvalue weighted by molar-refractivity contribution is 6.04. The van der Waals surface area contributed by atoms with Gasteiger partial charge < -0.3 is 24.8 Å². The molecule has 2 N–H and O–H groups in total. The highest BCUT2D eigenvalue weighted by Gasteiger charge is 2.78. The molecule has 0 radical (unpaired) electrons. The first-order valence-electron chi connectivity index (χ1n) is 12.9. The molecule has 1 aromatic carbocycles. The van der Waals surface area contributed by atoms with Crippen molar-refractivity contribution in [1.82, 2.24) is 4.90 Å². The van der Waals surface area contributed by atoms with Crippen LogP contribution in [0.3, 0.4) is 0 Å². The SMILES string of the molecule is CCOC(=O)[C@H]1[C@H]2C(=O)N(CCCCCCO)C(C(=O)Nc3c(C)cccc3C)C23CC[C@]1(C)O3. The number of carbonyl (C=O) groups excluding carboxylic acids is 3. The zero-order valence-corrected chi connectivity index (χ0v) is 21.3. The molecular formula is C27H38N2O6. The van der Waals surface area contributed by atoms with Crippen LogP contribution in [0.25, 0.3) is 0 Å². The van der Waals surface area contributed by atoms with Crippen molar-refractivity contribution in [2.75, 3.05) is 25.1 Å². The van der Waals surface area contributed by atoms with Crippen molar-refractivity contribution in [1.29, 1.82) is 0 Å². The average molecular weight is 487 g/mol. The number of para-hydroxylation sites is 1. The zero-order chi connectivity index (χ0) is 25.4. The minimum Gasteiger partial charge on any atom is -0.466 e. The highest BCUT2D eigenvalue weighted by Crippen LogP contribution is 2.63. The van der Waals surface area contributed by atoms with Gasteiger partial charge in [0, 0.05) is 18.8 Å². The molecule has 3 heterocycles. The van der Waals surface area contributed by atoms with E-state index in [1.807, 2.05) is 39.0 Å². The van der Waals surface area contributed by atoms with Crippen molar-refractivity contribution >= 4 is 23.5 Å². The van der Waals surface area contributed by atoms with Gasteiger partial charge in [0.2, 0.25) is 11.8 Å². The molecule has 3 aliphatic rings. The molecule has 5 atom stereocenters. The Hall–Kier alpha value is -2.45. The van der Waals surface area contributed by atoms with E-state index in [9.17, 15) is 14.4 Å². The minimum absolute atomic E-state index is 0.141. The fraction of sp³-hybridized carbons (Fsp3) is 0.667. The molecular weight excluding hydrogens is 448 g/mol. The number of esters is 1. The summed E-state index contributed by atoms with van der Waals surface area (Å²) in [5.41, 5.74) is 0.764. The van der Waals surface area contributed by atoms with Crippen LogP contribution in [0.15, 0.2) is 18.2 Å². The third-order valence-corrected chi connectivity index (χ3v) is 8.10. The Morgan fingerprint density at radius 1 is 1.17 bits per heavy atom. The third kappa shape index (κ3) is 4.25. The van der Waals surface area contributed by atoms with Crippen LogP contribution in [0.5, 0.6) is 0 Å². The summed E-state index contributed by atoms with van der Waals surface area (Å²) in [6.07, 6.45) is 4.26. The fourth-order valence-corrected chi connectivity index (χ4v) is 6.51. The average Bonchev–Trinajstić information content (AvgIpc) is 3.37. The Morgan fingerprint density at radius 3 is 2.51 bits per heavy atom. The number of aliphatic hydroxyl groups excluding tert-OH is 1. The van der Waals surface area contributed by atoms with E-state index in [0.29, 0.717) is 32.2 Å². The number of benzene rings is 1. The van der Waals surface area contributed by atoms with E-state index in [1.165, 1.54) is 0 Å². The molecule has 0 aliphatic carbocycles. The number of carbonyl (C=O) groups is 3. The first-order valence-corrected chi connectivity index (χ1v) is 12.9. The van der Waals surface area contributed by atoms with Crippen molar-refractivity contribution < 1.29 is 29.0 Å². The molecule has 3 aliphatic heterocycles. The van der Waals surface area contributed by atoms with Crippen molar-refractivity contribution in [3.63, 3.8) is 0 Å². The van der Waals surface area contributed by atoms with Gasteiger partial charge >= 0.3 is 5.97 Å². The van der Waals surface area contributed by atoms with Crippen molar-refractivity contribution in [3.05, 3.63) is 29.3 Å². The summed E-state index contributed by atoms with van der Waals surface area (Å²) in [6.45, 7) is 8.28. The number of unbranched alkanes of at least 4 members (excludes halogenated alkanes) is 3. The van der Waals surface area contributed by atoms with Crippen molar-refractivity contribution in [2.45, 2.75) is 83.5 Å². The van der Waals surface area contributed by atoms with Crippen LogP contribution in [0.2, 0.25) is 0 Å². The summed E-state index contributed by atoms with van der Waals surface area (Å²) in [5, 5.41) is 12.2. The monoisotopic (exact) mass is 486 g/mol. The third-order valence-electron chi connectivity index (χ3n) is 8.10. The number of rotatable bonds is 10. The molecule has 2 bridgehead atoms. The van der Waals surface area contributed by atoms with E-state index in [4.69, 9.17) is 14.6 Å². The molecule has 2 unspecified atom stereocenters. The van der Waals surface area contributed by atoms with Gasteiger partial charge in [-0.1, -0.05) is 31.0 Å². The number of likely N-dealkylation sites (tertiary alicyclic amines) is 1. The maximum atomic E-state index is 13.9. The van der Waals surface area contributed by atoms with Gasteiger partial charge in [-0.15, -0.1) is 0 Å². The van der Waals surface area contributed by atoms with Crippen LogP contribution in [-0.4, -0.2) is 64.8 Å². The van der Waals surface area contributed by atoms with Crippen molar-refractivity contribution in [3.8, 4) is 0 Å². The quantitative estimate of drug-likeness (QED) is 0.389. The van der Waals surface area contributed by atoms with E-state index in [2.05, 4.69) is 5.32 Å². The van der Waals surface area contributed by atoms with Gasteiger partial charge in [-0.3, -0.25) is 14.4 Å². The first kappa shape index (κ1) is 25.6. The molecule has 4 rings (SSSR count). The van der Waals surface area contributed by atoms with Crippen LogP contribution in [-0.2, 0) is 23.9 Å². The van der Waals surface area contributed by atoms with Gasteiger partial charge in [0.15, 0.2) is 0 Å². The number of ether oxygens (including phenoxy) is 2. The highest BCUT2D eigenvalue weighted by atomic mass is 16.6. The number of hydrogen-bond acceptors (Lipinski definition) is 6. The summed E-state index contributed by atoms with van der Waals surface area (Å²) >= 11 is 0. The zero-order valence-electron chi connectivity index (χ0n) is 21.3. The van der Waals surface area contributed by atoms with Crippen LogP contribution < -0.4 is 5.32 Å². The summed E-state index contributed by atoms with van der Waals surface area (Å²) < 4.78 is 11.9. The lowest BCUT2D eigenvalue weighted by Gasteiger charge is -2.33. The van der Waals surface area contributed by atoms with Gasteiger partial charge in [0.25, 0.3) is 0 Å². The Morgan fingerprint density at radius 2 is 1.86 bits per heavy atom. The maximum Gasteiger partial charge on any atom is 0.312 e. The minimum atomic E-state index is -1.05. The van der Waals surface area contributed by atoms with Crippen LogP contribution in [0.4, 0.5) is 5.69 Å². The Kier molecular flexibility index (Phi) is 7.25. The topological polar surface area (TPSA) is 105 Å². The standard InChI is InChI=1S/C27H38N2O6/c1-5-34-25(33)20-19-24(32)29(15-8-6-7-9-16-30)22(27(19)14-13-26(20,4)35-27)23(31)28-21-17(2)11-10-12-18(21)3/h10-12,19-20,22,30H,5-9,13-16H2,1-4H3,(H,28,31)/t19-,20+,22?,26-,27?/m0/s1. The second-order valence-electron chi connectivity index (χ2n) is 10.4. The predicted molar refractivity (Wildman–Crippen MR) is 131 cm³/mol. The molecule has 3 fully saturated rings. The van der Waals surface area contributed by atoms with E-state index in [-0.39, 0.29) is 25.0 Å². The number of anilines is 1. The maximum absolute atomic E-state index is 13.9. The Bertz CT molecular complexity index is 976. The van der Waals surface area contributed by atoms with Crippen LogP contribution >= 0.6 is 0 Å². The van der Waals surface area contributed by atoms with E-state index < -0.39 is 35.0 Å². The van der Waals surface area contributed by atoms with E-state index in [0.717, 1.165) is 29.7 Å². The molecule has 0 aromatic heterocycles. The van der Waals surface area contributed by atoms with Crippen LogP contribution in [0, 0.1) is 25.7 Å². The number of fused-ring (bicyclic) bond motifs is 1. The second kappa shape index (κ2) is 9.90. The summed E-state index contributed by atoms with van der Waals surface area (Å²) in [7, 11) is 0. The molecule has 8 nitrogen and oxygen atoms in total. The summed E-state index contributed by atoms with van der Waals surface area (Å²) in [6, 6.07) is 5.01. The van der Waals surface area contributed by atoms with Gasteiger partial charge in [-0.2, -0.15) is 0 Å². The summed E-state index contributed by atoms with van der Waals surface area (Å²) in [5.74, 6) is -2.35. The van der Waals surface area contributed by atoms with Gasteiger partial charge in [-0.05, 0) is 64.5 Å². The number of nitrogens with zero attached hydrogens (tertiary/aromatic N) is 1. The first-order chi connectivity index (χ1) is 16.7. The fourth-order valence-electron chi connectivity index (χ4n) is 6.51. The van der Waals surface area contributed by atoms with Crippen LogP contribution in [0.1, 0.15) is 63.5 Å². The summed E-state index contributed by atoms with van der Waals surface area (Å²) in [4.78, 5) is 42.4. The lowest BCUT2D eigenvalue weighted by molar-refractivity contribution is -0.158. The Balaban J connectivity index is 1.67. The van der Waals surface area contributed by atoms with Gasteiger partial charge in [0.1, 0.15) is 17.6 Å². The smallest absolute Gasteiger partial charge is 0.312 e. The van der Waals surface area contributed by atoms with E-state index in [1.54, 1.807) is 11.8 Å². The van der Waals surface area contributed by atoms with Gasteiger partial charge in [-0.25, -0.2) is 0 Å². The second-order valence-corrected chi connectivity index (χ2v) is 10.4. The molecule has 1 spiro atoms. The lowest BCUT2D eigenvalue weighted by atomic mass is 9.66. The molecule has 1 aromatic rings. The lowest BCUT2D eigenvalue weighted by Crippen LogP contribution is -2.53. The predicted octanol–water partition coefficient (Wildman–Crippen LogP) is 3.12. The van der Waals surface area contributed by atoms with E-state index >= 15 is 0 Å².